The van der Waals surface area contributed by atoms with Gasteiger partial charge in [-0.1, -0.05) is 48.5 Å². The minimum absolute atomic E-state index is 0.173. The summed E-state index contributed by atoms with van der Waals surface area (Å²) in [7, 11) is 0. The van der Waals surface area contributed by atoms with Gasteiger partial charge < -0.3 is 20.4 Å². The lowest BCUT2D eigenvalue weighted by Crippen LogP contribution is -2.34. The molecule has 3 aromatic carbocycles. The zero-order valence-electron chi connectivity index (χ0n) is 21.7. The average Bonchev–Trinajstić information content (AvgIpc) is 3.47. The molecule has 0 radical (unpaired) electrons. The number of hydrogen-bond acceptors (Lipinski definition) is 3. The molecule has 0 saturated carbocycles. The molecule has 2 aliphatic rings. The second-order valence-corrected chi connectivity index (χ2v) is 10.4. The molecule has 37 heavy (non-hydrogen) atoms. The highest BCUT2D eigenvalue weighted by atomic mass is 16.2. The summed E-state index contributed by atoms with van der Waals surface area (Å²) in [6, 6.07) is 24.1. The second-order valence-electron chi connectivity index (χ2n) is 10.4. The molecule has 2 saturated heterocycles. The van der Waals surface area contributed by atoms with Gasteiger partial charge in [-0.25, -0.2) is 4.79 Å². The van der Waals surface area contributed by atoms with E-state index in [1.807, 2.05) is 62.4 Å². The highest BCUT2D eigenvalue weighted by molar-refractivity contribution is 5.97. The fourth-order valence-corrected chi connectivity index (χ4v) is 5.78. The van der Waals surface area contributed by atoms with Gasteiger partial charge in [0.1, 0.15) is 0 Å². The zero-order valence-corrected chi connectivity index (χ0v) is 21.7. The second kappa shape index (κ2) is 11.1. The molecular formula is C31H36N4O2. The molecule has 3 amide bonds. The predicted octanol–water partition coefficient (Wildman–Crippen LogP) is 5.27. The Morgan fingerprint density at radius 3 is 2.22 bits per heavy atom. The van der Waals surface area contributed by atoms with E-state index in [9.17, 15) is 9.59 Å². The predicted molar refractivity (Wildman–Crippen MR) is 149 cm³/mol. The normalized spacial score (nSPS) is 18.5. The van der Waals surface area contributed by atoms with E-state index in [1.54, 1.807) is 0 Å². The number of likely N-dealkylation sites (tertiary alicyclic amines) is 1. The standard InChI is InChI=1S/C31H36N4O2/c1-22-9-6-10-23(2)29(22)30(36)35-20-25-18-34(19-26(25)21-35)28-15-7-11-24(17-28)12-8-16-32-31(37)33-27-13-4-3-5-14-27/h3-7,9-11,13-15,17,25-26H,8,12,16,18-21H2,1-2H3,(H2,32,33,37). The van der Waals surface area contributed by atoms with Crippen molar-refractivity contribution in [2.75, 3.05) is 42.9 Å². The monoisotopic (exact) mass is 496 g/mol. The van der Waals surface area contributed by atoms with Gasteiger partial charge in [-0.15, -0.1) is 0 Å². The number of urea groups is 1. The molecule has 2 N–H and O–H groups in total. The van der Waals surface area contributed by atoms with Crippen LogP contribution >= 0.6 is 0 Å². The van der Waals surface area contributed by atoms with Crippen LogP contribution in [0.3, 0.4) is 0 Å². The number of amides is 3. The van der Waals surface area contributed by atoms with Gasteiger partial charge in [0.2, 0.25) is 0 Å². The lowest BCUT2D eigenvalue weighted by atomic mass is 10.0. The molecule has 2 aliphatic heterocycles. The molecule has 3 aromatic rings. The Kier molecular flexibility index (Phi) is 7.45. The van der Waals surface area contributed by atoms with Gasteiger partial charge in [-0.3, -0.25) is 4.79 Å². The van der Waals surface area contributed by atoms with Crippen LogP contribution in [-0.4, -0.2) is 49.6 Å². The lowest BCUT2D eigenvalue weighted by molar-refractivity contribution is 0.0781. The Hall–Kier alpha value is -3.80. The molecule has 0 aromatic heterocycles. The maximum Gasteiger partial charge on any atom is 0.319 e. The molecule has 6 nitrogen and oxygen atoms in total. The first-order valence-electron chi connectivity index (χ1n) is 13.3. The summed E-state index contributed by atoms with van der Waals surface area (Å²) in [5.41, 5.74) is 6.33. The largest absolute Gasteiger partial charge is 0.371 e. The maximum absolute atomic E-state index is 13.3. The number of fused-ring (bicyclic) bond motifs is 1. The van der Waals surface area contributed by atoms with Crippen molar-refractivity contribution in [1.82, 2.24) is 10.2 Å². The van der Waals surface area contributed by atoms with Crippen molar-refractivity contribution in [2.45, 2.75) is 26.7 Å². The van der Waals surface area contributed by atoms with E-state index < -0.39 is 0 Å². The van der Waals surface area contributed by atoms with E-state index in [0.29, 0.717) is 18.4 Å². The summed E-state index contributed by atoms with van der Waals surface area (Å²) in [5, 5.41) is 5.79. The minimum Gasteiger partial charge on any atom is -0.371 e. The van der Waals surface area contributed by atoms with E-state index >= 15 is 0 Å². The van der Waals surface area contributed by atoms with Gasteiger partial charge in [0.25, 0.3) is 5.91 Å². The molecule has 5 rings (SSSR count). The number of nitrogens with zero attached hydrogens (tertiary/aromatic N) is 2. The molecule has 2 atom stereocenters. The number of para-hydroxylation sites is 1. The Bertz CT molecular complexity index is 1220. The summed E-state index contributed by atoms with van der Waals surface area (Å²) < 4.78 is 0. The quantitative estimate of drug-likeness (QED) is 0.438. The van der Waals surface area contributed by atoms with Crippen molar-refractivity contribution in [3.63, 3.8) is 0 Å². The summed E-state index contributed by atoms with van der Waals surface area (Å²) in [5.74, 6) is 1.22. The molecule has 0 bridgehead atoms. The third-order valence-corrected chi connectivity index (χ3v) is 7.70. The number of aryl methyl sites for hydroxylation is 3. The topological polar surface area (TPSA) is 64.7 Å². The van der Waals surface area contributed by atoms with Crippen LogP contribution in [0.15, 0.2) is 72.8 Å². The Labute approximate surface area is 219 Å². The van der Waals surface area contributed by atoms with Crippen LogP contribution in [0.2, 0.25) is 0 Å². The summed E-state index contributed by atoms with van der Waals surface area (Å²) in [4.78, 5) is 29.9. The van der Waals surface area contributed by atoms with Gasteiger partial charge in [-0.05, 0) is 67.6 Å². The third-order valence-electron chi connectivity index (χ3n) is 7.70. The van der Waals surface area contributed by atoms with Crippen molar-refractivity contribution in [1.29, 1.82) is 0 Å². The summed E-state index contributed by atoms with van der Waals surface area (Å²) in [6.45, 7) is 8.34. The third kappa shape index (κ3) is 5.79. The van der Waals surface area contributed by atoms with Crippen LogP contribution in [0.25, 0.3) is 0 Å². The number of carbonyl (C=O) groups is 2. The van der Waals surface area contributed by atoms with Crippen LogP contribution in [0.4, 0.5) is 16.2 Å². The SMILES string of the molecule is Cc1cccc(C)c1C(=O)N1CC2CN(c3cccc(CCCNC(=O)Nc4ccccc4)c3)CC2C1. The first-order chi connectivity index (χ1) is 18.0. The minimum atomic E-state index is -0.173. The van der Waals surface area contributed by atoms with E-state index in [4.69, 9.17) is 0 Å². The van der Waals surface area contributed by atoms with E-state index in [1.165, 1.54) is 11.3 Å². The molecule has 2 unspecified atom stereocenters. The highest BCUT2D eigenvalue weighted by Gasteiger charge is 2.42. The van der Waals surface area contributed by atoms with Gasteiger partial charge in [-0.2, -0.15) is 0 Å². The molecule has 6 heteroatoms. The van der Waals surface area contributed by atoms with Gasteiger partial charge in [0.05, 0.1) is 0 Å². The number of carbonyl (C=O) groups excluding carboxylic acids is 2. The number of benzene rings is 3. The molecule has 2 heterocycles. The van der Waals surface area contributed by atoms with E-state index in [0.717, 1.165) is 61.4 Å². The maximum atomic E-state index is 13.3. The van der Waals surface area contributed by atoms with Crippen LogP contribution in [-0.2, 0) is 6.42 Å². The van der Waals surface area contributed by atoms with E-state index in [2.05, 4.69) is 44.7 Å². The first-order valence-corrected chi connectivity index (χ1v) is 13.3. The lowest BCUT2D eigenvalue weighted by Gasteiger charge is -2.24. The first kappa shape index (κ1) is 24.9. The summed E-state index contributed by atoms with van der Waals surface area (Å²) in [6.07, 6.45) is 1.80. The van der Waals surface area contributed by atoms with Crippen molar-refractivity contribution in [3.8, 4) is 0 Å². The Morgan fingerprint density at radius 2 is 1.51 bits per heavy atom. The van der Waals surface area contributed by atoms with Crippen LogP contribution in [0.1, 0.15) is 33.5 Å². The fraction of sp³-hybridized carbons (Fsp3) is 0.355. The van der Waals surface area contributed by atoms with Crippen LogP contribution in [0.5, 0.6) is 0 Å². The number of anilines is 2. The van der Waals surface area contributed by atoms with Gasteiger partial charge >= 0.3 is 6.03 Å². The molecule has 0 spiro atoms. The summed E-state index contributed by atoms with van der Waals surface area (Å²) >= 11 is 0. The van der Waals surface area contributed by atoms with Gasteiger partial charge in [0.15, 0.2) is 0 Å². The van der Waals surface area contributed by atoms with Crippen LogP contribution < -0.4 is 15.5 Å². The zero-order chi connectivity index (χ0) is 25.8. The average molecular weight is 497 g/mol. The molecule has 2 fully saturated rings. The van der Waals surface area contributed by atoms with Crippen molar-refractivity contribution in [3.05, 3.63) is 95.1 Å². The number of hydrogen-bond donors (Lipinski definition) is 2. The highest BCUT2D eigenvalue weighted by Crippen LogP contribution is 2.35. The van der Waals surface area contributed by atoms with E-state index in [-0.39, 0.29) is 11.9 Å². The molecular weight excluding hydrogens is 460 g/mol. The van der Waals surface area contributed by atoms with Crippen molar-refractivity contribution < 1.29 is 9.59 Å². The van der Waals surface area contributed by atoms with Crippen molar-refractivity contribution in [2.24, 2.45) is 11.8 Å². The van der Waals surface area contributed by atoms with Crippen LogP contribution in [0, 0.1) is 25.7 Å². The molecule has 192 valence electrons. The number of rotatable bonds is 7. The van der Waals surface area contributed by atoms with Gasteiger partial charge in [0, 0.05) is 61.5 Å². The Morgan fingerprint density at radius 1 is 0.838 bits per heavy atom. The fourth-order valence-electron chi connectivity index (χ4n) is 5.78. The number of nitrogens with one attached hydrogen (secondary N) is 2. The Balaban J connectivity index is 1.10. The van der Waals surface area contributed by atoms with Crippen molar-refractivity contribution >= 4 is 23.3 Å². The smallest absolute Gasteiger partial charge is 0.319 e. The molecule has 0 aliphatic carbocycles.